The summed E-state index contributed by atoms with van der Waals surface area (Å²) in [5.41, 5.74) is -5.51. The first-order chi connectivity index (χ1) is 8.11. The Morgan fingerprint density at radius 1 is 1.06 bits per heavy atom. The highest BCUT2D eigenvalue weighted by Gasteiger charge is 2.45. The van der Waals surface area contributed by atoms with Crippen LogP contribution in [0.25, 0.3) is 0 Å². The molecule has 1 rings (SSSR count). The number of halogens is 6. The molecule has 0 fully saturated rings. The molecule has 1 aromatic rings. The van der Waals surface area contributed by atoms with Crippen molar-refractivity contribution < 1.29 is 31.4 Å². The Hall–Kier alpha value is -1.75. The SMILES string of the molecule is N#Cc1cc(CO)c(C(F)(F)F)c(C(F)(F)F)c1. The molecule has 1 N–H and O–H groups in total. The van der Waals surface area contributed by atoms with Crippen molar-refractivity contribution in [3.05, 3.63) is 34.4 Å². The van der Waals surface area contributed by atoms with Crippen molar-refractivity contribution >= 4 is 0 Å². The number of nitrogens with zero attached hydrogens (tertiary/aromatic N) is 1. The Morgan fingerprint density at radius 2 is 1.61 bits per heavy atom. The van der Waals surface area contributed by atoms with Crippen molar-refractivity contribution in [2.24, 2.45) is 0 Å². The molecular formula is C10H5F6NO. The number of aliphatic hydroxyl groups is 1. The lowest BCUT2D eigenvalue weighted by molar-refractivity contribution is -0.162. The molecule has 0 aromatic heterocycles. The summed E-state index contributed by atoms with van der Waals surface area (Å²) in [6, 6.07) is 2.01. The monoisotopic (exact) mass is 269 g/mol. The molecule has 0 saturated heterocycles. The zero-order valence-corrected chi connectivity index (χ0v) is 8.52. The number of alkyl halides is 6. The van der Waals surface area contributed by atoms with Gasteiger partial charge in [0.15, 0.2) is 0 Å². The second kappa shape index (κ2) is 4.49. The van der Waals surface area contributed by atoms with E-state index in [1.54, 1.807) is 0 Å². The van der Waals surface area contributed by atoms with Crippen LogP contribution in [0.4, 0.5) is 26.3 Å². The van der Waals surface area contributed by atoms with Gasteiger partial charge in [-0.3, -0.25) is 0 Å². The maximum absolute atomic E-state index is 12.6. The second-order valence-corrected chi connectivity index (χ2v) is 3.32. The lowest BCUT2D eigenvalue weighted by atomic mass is 9.97. The smallest absolute Gasteiger partial charge is 0.392 e. The number of rotatable bonds is 1. The van der Waals surface area contributed by atoms with Gasteiger partial charge in [-0.25, -0.2) is 0 Å². The highest BCUT2D eigenvalue weighted by atomic mass is 19.4. The summed E-state index contributed by atoms with van der Waals surface area (Å²) in [6.07, 6.45) is -10.5. The molecule has 2 nitrogen and oxygen atoms in total. The number of aliphatic hydroxyl groups excluding tert-OH is 1. The van der Waals surface area contributed by atoms with Gasteiger partial charge in [0.25, 0.3) is 0 Å². The van der Waals surface area contributed by atoms with Crippen LogP contribution in [-0.4, -0.2) is 5.11 Å². The third-order valence-corrected chi connectivity index (χ3v) is 2.11. The van der Waals surface area contributed by atoms with Gasteiger partial charge in [0.1, 0.15) is 0 Å². The topological polar surface area (TPSA) is 44.0 Å². The van der Waals surface area contributed by atoms with Crippen LogP contribution in [0.15, 0.2) is 12.1 Å². The fraction of sp³-hybridized carbons (Fsp3) is 0.300. The van der Waals surface area contributed by atoms with E-state index in [9.17, 15) is 26.3 Å². The maximum atomic E-state index is 12.6. The highest BCUT2D eigenvalue weighted by molar-refractivity contribution is 5.46. The summed E-state index contributed by atoms with van der Waals surface area (Å²) in [4.78, 5) is 0. The minimum Gasteiger partial charge on any atom is -0.392 e. The molecule has 0 saturated carbocycles. The van der Waals surface area contributed by atoms with Gasteiger partial charge in [0.05, 0.1) is 29.4 Å². The molecule has 0 aliphatic rings. The van der Waals surface area contributed by atoms with Crippen LogP contribution < -0.4 is 0 Å². The van der Waals surface area contributed by atoms with Crippen molar-refractivity contribution in [1.29, 1.82) is 5.26 Å². The highest BCUT2D eigenvalue weighted by Crippen LogP contribution is 2.42. The third-order valence-electron chi connectivity index (χ3n) is 2.11. The van der Waals surface area contributed by atoms with Crippen LogP contribution >= 0.6 is 0 Å². The van der Waals surface area contributed by atoms with Crippen LogP contribution in [0.2, 0.25) is 0 Å². The summed E-state index contributed by atoms with van der Waals surface area (Å²) in [6.45, 7) is -1.24. The number of nitriles is 1. The van der Waals surface area contributed by atoms with E-state index in [0.29, 0.717) is 6.07 Å². The first-order valence-corrected chi connectivity index (χ1v) is 4.43. The van der Waals surface area contributed by atoms with Crippen LogP contribution in [0, 0.1) is 11.3 Å². The molecule has 0 unspecified atom stereocenters. The van der Waals surface area contributed by atoms with Crippen molar-refractivity contribution in [2.75, 3.05) is 0 Å². The molecule has 0 heterocycles. The Kier molecular flexibility index (Phi) is 3.57. The summed E-state index contributed by atoms with van der Waals surface area (Å²) < 4.78 is 75.3. The first-order valence-electron chi connectivity index (χ1n) is 4.43. The van der Waals surface area contributed by atoms with Crippen molar-refractivity contribution in [1.82, 2.24) is 0 Å². The molecule has 1 aromatic carbocycles. The lowest BCUT2D eigenvalue weighted by Gasteiger charge is -2.18. The molecule has 8 heteroatoms. The van der Waals surface area contributed by atoms with Gasteiger partial charge in [0, 0.05) is 0 Å². The molecule has 0 bridgehead atoms. The van der Waals surface area contributed by atoms with Crippen molar-refractivity contribution in [3.63, 3.8) is 0 Å². The van der Waals surface area contributed by atoms with Crippen molar-refractivity contribution in [3.8, 4) is 6.07 Å². The van der Waals surface area contributed by atoms with E-state index in [0.717, 1.165) is 0 Å². The molecule has 18 heavy (non-hydrogen) atoms. The van der Waals surface area contributed by atoms with Gasteiger partial charge < -0.3 is 5.11 Å². The van der Waals surface area contributed by atoms with E-state index in [2.05, 4.69) is 0 Å². The Labute approximate surface area is 97.1 Å². The Morgan fingerprint density at radius 3 is 1.94 bits per heavy atom. The number of hydrogen-bond acceptors (Lipinski definition) is 2. The lowest BCUT2D eigenvalue weighted by Crippen LogP contribution is -2.19. The molecule has 0 radical (unpaired) electrons. The van der Waals surface area contributed by atoms with E-state index in [-0.39, 0.29) is 6.07 Å². The predicted octanol–water partition coefficient (Wildman–Crippen LogP) is 3.09. The van der Waals surface area contributed by atoms with Crippen LogP contribution in [-0.2, 0) is 19.0 Å². The number of benzene rings is 1. The zero-order chi connectivity index (χ0) is 14.1. The Bertz CT molecular complexity index is 497. The van der Waals surface area contributed by atoms with Gasteiger partial charge in [-0.2, -0.15) is 31.6 Å². The first kappa shape index (κ1) is 14.3. The standard InChI is InChI=1S/C10H5F6NO/c11-9(12,13)7-2-5(3-17)1-6(4-18)8(7)10(14,15)16/h1-2,18H,4H2. The molecule has 0 aliphatic heterocycles. The normalized spacial score (nSPS) is 12.3. The summed E-state index contributed by atoms with van der Waals surface area (Å²) in [5, 5.41) is 17.2. The fourth-order valence-corrected chi connectivity index (χ4v) is 1.45. The van der Waals surface area contributed by atoms with Crippen LogP contribution in [0.1, 0.15) is 22.3 Å². The van der Waals surface area contributed by atoms with Crippen LogP contribution in [0.5, 0.6) is 0 Å². The molecule has 0 spiro atoms. The molecule has 98 valence electrons. The average Bonchev–Trinajstić information content (AvgIpc) is 2.24. The van der Waals surface area contributed by atoms with E-state index in [4.69, 9.17) is 10.4 Å². The van der Waals surface area contributed by atoms with E-state index >= 15 is 0 Å². The summed E-state index contributed by atoms with van der Waals surface area (Å²) >= 11 is 0. The fourth-order valence-electron chi connectivity index (χ4n) is 1.45. The minimum absolute atomic E-state index is 0.113. The van der Waals surface area contributed by atoms with Gasteiger partial charge in [0.2, 0.25) is 0 Å². The van der Waals surface area contributed by atoms with Gasteiger partial charge in [-0.15, -0.1) is 0 Å². The summed E-state index contributed by atoms with van der Waals surface area (Å²) in [5.74, 6) is 0. The molecule has 0 aliphatic carbocycles. The molecular weight excluding hydrogens is 264 g/mol. The predicted molar refractivity (Wildman–Crippen MR) is 47.1 cm³/mol. The number of hydrogen-bond donors (Lipinski definition) is 1. The average molecular weight is 269 g/mol. The van der Waals surface area contributed by atoms with E-state index in [1.807, 2.05) is 0 Å². The van der Waals surface area contributed by atoms with Gasteiger partial charge in [-0.05, 0) is 17.7 Å². The van der Waals surface area contributed by atoms with Gasteiger partial charge >= 0.3 is 12.4 Å². The molecule has 0 atom stereocenters. The van der Waals surface area contributed by atoms with E-state index < -0.39 is 41.2 Å². The largest absolute Gasteiger partial charge is 0.417 e. The van der Waals surface area contributed by atoms with E-state index in [1.165, 1.54) is 6.07 Å². The maximum Gasteiger partial charge on any atom is 0.417 e. The molecule has 0 amide bonds. The summed E-state index contributed by atoms with van der Waals surface area (Å²) in [7, 11) is 0. The second-order valence-electron chi connectivity index (χ2n) is 3.32. The van der Waals surface area contributed by atoms with Crippen molar-refractivity contribution in [2.45, 2.75) is 19.0 Å². The zero-order valence-electron chi connectivity index (χ0n) is 8.52. The van der Waals surface area contributed by atoms with Gasteiger partial charge in [-0.1, -0.05) is 0 Å². The Balaban J connectivity index is 3.71. The van der Waals surface area contributed by atoms with Crippen LogP contribution in [0.3, 0.4) is 0 Å². The quantitative estimate of drug-likeness (QED) is 0.796. The third kappa shape index (κ3) is 2.73. The minimum atomic E-state index is -5.27.